The number of benzene rings is 1. The lowest BCUT2D eigenvalue weighted by Crippen LogP contribution is -2.21. The third-order valence-electron chi connectivity index (χ3n) is 2.64. The largest absolute Gasteiger partial charge is 0.374 e. The van der Waals surface area contributed by atoms with E-state index in [2.05, 4.69) is 75.9 Å². The van der Waals surface area contributed by atoms with Gasteiger partial charge in [-0.15, -0.1) is 0 Å². The summed E-state index contributed by atoms with van der Waals surface area (Å²) < 4.78 is 1.14. The molecule has 16 heavy (non-hydrogen) atoms. The summed E-state index contributed by atoms with van der Waals surface area (Å²) in [5.74, 6) is 0.755. The van der Waals surface area contributed by atoms with Gasteiger partial charge in [-0.3, -0.25) is 0 Å². The molecule has 0 spiro atoms. The first-order valence-electron chi connectivity index (χ1n) is 5.60. The molecule has 0 saturated heterocycles. The molecule has 1 nitrogen and oxygen atoms in total. The summed E-state index contributed by atoms with van der Waals surface area (Å²) in [7, 11) is 2.16. The summed E-state index contributed by atoms with van der Waals surface area (Å²) in [6, 6.07) is 6.46. The second-order valence-electron chi connectivity index (χ2n) is 4.51. The van der Waals surface area contributed by atoms with Crippen molar-refractivity contribution in [1.82, 2.24) is 0 Å². The van der Waals surface area contributed by atoms with E-state index in [9.17, 15) is 0 Å². The van der Waals surface area contributed by atoms with Crippen molar-refractivity contribution in [1.29, 1.82) is 0 Å². The van der Waals surface area contributed by atoms with Gasteiger partial charge < -0.3 is 4.90 Å². The van der Waals surface area contributed by atoms with E-state index >= 15 is 0 Å². The van der Waals surface area contributed by atoms with Gasteiger partial charge in [-0.25, -0.2) is 0 Å². The van der Waals surface area contributed by atoms with Crippen LogP contribution in [0.15, 0.2) is 22.7 Å². The third kappa shape index (κ3) is 4.10. The normalized spacial score (nSPS) is 10.9. The van der Waals surface area contributed by atoms with Crippen molar-refractivity contribution in [2.75, 3.05) is 18.5 Å². The zero-order chi connectivity index (χ0) is 12.1. The summed E-state index contributed by atoms with van der Waals surface area (Å²) in [6.07, 6.45) is 1.23. The highest BCUT2D eigenvalue weighted by atomic mass is 79.9. The summed E-state index contributed by atoms with van der Waals surface area (Å²) in [5, 5.41) is 0.897. The fourth-order valence-electron chi connectivity index (χ4n) is 1.61. The molecule has 90 valence electrons. The number of alkyl halides is 1. The van der Waals surface area contributed by atoms with Crippen LogP contribution < -0.4 is 4.90 Å². The third-order valence-corrected chi connectivity index (χ3v) is 3.74. The minimum atomic E-state index is 0.755. The smallest absolute Gasteiger partial charge is 0.0405 e. The molecule has 3 heteroatoms. The Hall–Kier alpha value is -0.0200. The van der Waals surface area contributed by atoms with Gasteiger partial charge in [0, 0.05) is 29.1 Å². The van der Waals surface area contributed by atoms with Crippen molar-refractivity contribution >= 4 is 37.5 Å². The summed E-state index contributed by atoms with van der Waals surface area (Å²) >= 11 is 7.05. The highest BCUT2D eigenvalue weighted by Crippen LogP contribution is 2.26. The van der Waals surface area contributed by atoms with Gasteiger partial charge in [-0.1, -0.05) is 45.7 Å². The van der Waals surface area contributed by atoms with Gasteiger partial charge in [0.05, 0.1) is 0 Å². The molecule has 0 unspecified atom stereocenters. The van der Waals surface area contributed by atoms with Gasteiger partial charge in [-0.2, -0.15) is 0 Å². The Morgan fingerprint density at radius 2 is 2.00 bits per heavy atom. The summed E-state index contributed by atoms with van der Waals surface area (Å²) in [6.45, 7) is 5.64. The van der Waals surface area contributed by atoms with Crippen LogP contribution in [0.3, 0.4) is 0 Å². The summed E-state index contributed by atoms with van der Waals surface area (Å²) in [4.78, 5) is 2.34. The van der Waals surface area contributed by atoms with E-state index in [4.69, 9.17) is 0 Å². The highest BCUT2D eigenvalue weighted by Gasteiger charge is 2.07. The summed E-state index contributed by atoms with van der Waals surface area (Å²) in [5.41, 5.74) is 2.65. The van der Waals surface area contributed by atoms with Crippen LogP contribution in [0.25, 0.3) is 0 Å². The van der Waals surface area contributed by atoms with Crippen LogP contribution in [0.1, 0.15) is 25.8 Å². The van der Waals surface area contributed by atoms with Crippen molar-refractivity contribution in [3.8, 4) is 0 Å². The molecule has 1 aromatic carbocycles. The van der Waals surface area contributed by atoms with Crippen LogP contribution >= 0.6 is 31.9 Å². The number of anilines is 1. The molecule has 0 aliphatic heterocycles. The van der Waals surface area contributed by atoms with Crippen molar-refractivity contribution in [2.45, 2.75) is 25.6 Å². The van der Waals surface area contributed by atoms with E-state index < -0.39 is 0 Å². The second-order valence-corrected chi connectivity index (χ2v) is 5.99. The minimum Gasteiger partial charge on any atom is -0.374 e. The van der Waals surface area contributed by atoms with Gasteiger partial charge in [-0.05, 0) is 36.1 Å². The van der Waals surface area contributed by atoms with Crippen LogP contribution in [0.4, 0.5) is 5.69 Å². The molecule has 0 N–H and O–H groups in total. The molecular formula is C13H19Br2N. The van der Waals surface area contributed by atoms with Gasteiger partial charge in [0.2, 0.25) is 0 Å². The highest BCUT2D eigenvalue weighted by molar-refractivity contribution is 9.10. The van der Waals surface area contributed by atoms with E-state index in [0.29, 0.717) is 0 Å². The molecule has 0 aromatic heterocycles. The Labute approximate surface area is 115 Å². The lowest BCUT2D eigenvalue weighted by atomic mass is 10.1. The standard InChI is InChI=1S/C13H19Br2N/c1-10(2)6-7-16(3)13-5-4-12(15)8-11(13)9-14/h4-5,8,10H,6-7,9H2,1-3H3. The van der Waals surface area contributed by atoms with Gasteiger partial charge in [0.1, 0.15) is 0 Å². The second kappa shape index (κ2) is 6.65. The zero-order valence-corrected chi connectivity index (χ0v) is 13.3. The van der Waals surface area contributed by atoms with Crippen LogP contribution in [0.5, 0.6) is 0 Å². The first-order chi connectivity index (χ1) is 7.54. The molecule has 0 radical (unpaired) electrons. The van der Waals surface area contributed by atoms with Crippen molar-refractivity contribution < 1.29 is 0 Å². The predicted octanol–water partition coefficient (Wildman–Crippen LogP) is 4.83. The molecule has 0 aliphatic rings. The average Bonchev–Trinajstić information content (AvgIpc) is 2.25. The van der Waals surface area contributed by atoms with Crippen LogP contribution in [-0.2, 0) is 5.33 Å². The van der Waals surface area contributed by atoms with Gasteiger partial charge in [0.25, 0.3) is 0 Å². The van der Waals surface area contributed by atoms with E-state index in [1.54, 1.807) is 0 Å². The molecule has 0 amide bonds. The van der Waals surface area contributed by atoms with Crippen LogP contribution in [-0.4, -0.2) is 13.6 Å². The molecule has 1 rings (SSSR count). The van der Waals surface area contributed by atoms with Crippen LogP contribution in [0, 0.1) is 5.92 Å². The molecule has 0 bridgehead atoms. The van der Waals surface area contributed by atoms with Crippen LogP contribution in [0.2, 0.25) is 0 Å². The maximum Gasteiger partial charge on any atom is 0.0405 e. The van der Waals surface area contributed by atoms with E-state index in [0.717, 1.165) is 22.3 Å². The average molecular weight is 349 g/mol. The topological polar surface area (TPSA) is 3.24 Å². The number of halogens is 2. The minimum absolute atomic E-state index is 0.755. The maximum absolute atomic E-state index is 3.54. The van der Waals surface area contributed by atoms with Crippen molar-refractivity contribution in [3.63, 3.8) is 0 Å². The zero-order valence-electron chi connectivity index (χ0n) is 10.1. The van der Waals surface area contributed by atoms with E-state index in [-0.39, 0.29) is 0 Å². The first-order valence-corrected chi connectivity index (χ1v) is 7.51. The monoisotopic (exact) mass is 347 g/mol. The Balaban J connectivity index is 2.77. The van der Waals surface area contributed by atoms with Crippen molar-refractivity contribution in [2.24, 2.45) is 5.92 Å². The lowest BCUT2D eigenvalue weighted by molar-refractivity contribution is 0.585. The molecule has 0 heterocycles. The molecule has 0 atom stereocenters. The molecule has 0 fully saturated rings. The SMILES string of the molecule is CC(C)CCN(C)c1ccc(Br)cc1CBr. The van der Waals surface area contributed by atoms with Gasteiger partial charge in [0.15, 0.2) is 0 Å². The Morgan fingerprint density at radius 1 is 1.31 bits per heavy atom. The fourth-order valence-corrected chi connectivity index (χ4v) is 2.46. The van der Waals surface area contributed by atoms with Gasteiger partial charge >= 0.3 is 0 Å². The van der Waals surface area contributed by atoms with E-state index in [1.165, 1.54) is 17.7 Å². The molecule has 0 saturated carbocycles. The fraction of sp³-hybridized carbons (Fsp3) is 0.538. The molecular weight excluding hydrogens is 330 g/mol. The Morgan fingerprint density at radius 3 is 2.56 bits per heavy atom. The lowest BCUT2D eigenvalue weighted by Gasteiger charge is -2.23. The number of nitrogens with zero attached hydrogens (tertiary/aromatic N) is 1. The van der Waals surface area contributed by atoms with Crippen molar-refractivity contribution in [3.05, 3.63) is 28.2 Å². The number of hydrogen-bond donors (Lipinski definition) is 0. The number of rotatable bonds is 5. The number of hydrogen-bond acceptors (Lipinski definition) is 1. The maximum atomic E-state index is 3.54. The quantitative estimate of drug-likeness (QED) is 0.689. The molecule has 0 aliphatic carbocycles. The Bertz CT molecular complexity index is 337. The Kier molecular flexibility index (Phi) is 5.84. The van der Waals surface area contributed by atoms with E-state index in [1.807, 2.05) is 0 Å². The molecule has 1 aromatic rings. The first kappa shape index (κ1) is 14.0. The predicted molar refractivity (Wildman–Crippen MR) is 79.5 cm³/mol.